The first-order valence-corrected chi connectivity index (χ1v) is 8.45. The van der Waals surface area contributed by atoms with Gasteiger partial charge in [0, 0.05) is 37.0 Å². The summed E-state index contributed by atoms with van der Waals surface area (Å²) in [7, 11) is 0. The number of nitriles is 1. The van der Waals surface area contributed by atoms with E-state index in [0.717, 1.165) is 0 Å². The zero-order valence-electron chi connectivity index (χ0n) is 14.7. The summed E-state index contributed by atoms with van der Waals surface area (Å²) in [5.74, 6) is -0.977. The maximum atomic E-state index is 12.5. The van der Waals surface area contributed by atoms with Gasteiger partial charge in [-0.3, -0.25) is 14.4 Å². The van der Waals surface area contributed by atoms with Crippen LogP contribution in [0.1, 0.15) is 18.9 Å². The van der Waals surface area contributed by atoms with Crippen LogP contribution in [0.3, 0.4) is 0 Å². The number of nitrogens with one attached hydrogen (secondary N) is 2. The number of benzene rings is 2. The van der Waals surface area contributed by atoms with Gasteiger partial charge in [-0.25, -0.2) is 0 Å². The summed E-state index contributed by atoms with van der Waals surface area (Å²) in [5, 5.41) is 14.3. The van der Waals surface area contributed by atoms with Crippen molar-refractivity contribution >= 4 is 34.8 Å². The molecule has 7 nitrogen and oxygen atoms in total. The summed E-state index contributed by atoms with van der Waals surface area (Å²) in [6.07, 6.45) is 0.135. The molecule has 1 unspecified atom stereocenters. The van der Waals surface area contributed by atoms with Gasteiger partial charge in [0.25, 0.3) is 0 Å². The summed E-state index contributed by atoms with van der Waals surface area (Å²) in [5.41, 5.74) is 2.43. The molecular weight excluding hydrogens is 344 g/mol. The van der Waals surface area contributed by atoms with Crippen molar-refractivity contribution in [3.05, 3.63) is 54.1 Å². The minimum absolute atomic E-state index is 0.124. The number of carbonyl (C=O) groups excluding carboxylic acids is 3. The van der Waals surface area contributed by atoms with Crippen molar-refractivity contribution in [3.63, 3.8) is 0 Å². The third kappa shape index (κ3) is 4.30. The molecule has 0 spiro atoms. The monoisotopic (exact) mass is 362 g/mol. The van der Waals surface area contributed by atoms with Crippen molar-refractivity contribution in [1.29, 1.82) is 5.26 Å². The van der Waals surface area contributed by atoms with Gasteiger partial charge in [0.15, 0.2) is 0 Å². The first kappa shape index (κ1) is 18.1. The van der Waals surface area contributed by atoms with Gasteiger partial charge in [0.05, 0.1) is 17.6 Å². The predicted molar refractivity (Wildman–Crippen MR) is 101 cm³/mol. The lowest BCUT2D eigenvalue weighted by molar-refractivity contribution is -0.122. The van der Waals surface area contributed by atoms with E-state index in [1.54, 1.807) is 53.4 Å². The zero-order valence-corrected chi connectivity index (χ0v) is 14.7. The van der Waals surface area contributed by atoms with E-state index in [1.165, 1.54) is 6.92 Å². The van der Waals surface area contributed by atoms with Crippen molar-refractivity contribution in [2.75, 3.05) is 22.1 Å². The summed E-state index contributed by atoms with van der Waals surface area (Å²) in [4.78, 5) is 37.4. The van der Waals surface area contributed by atoms with Crippen molar-refractivity contribution in [2.45, 2.75) is 13.3 Å². The van der Waals surface area contributed by atoms with E-state index in [9.17, 15) is 14.4 Å². The van der Waals surface area contributed by atoms with Crippen LogP contribution < -0.4 is 15.5 Å². The molecule has 1 aliphatic heterocycles. The van der Waals surface area contributed by atoms with E-state index in [0.29, 0.717) is 29.2 Å². The number of nitrogens with zero attached hydrogens (tertiary/aromatic N) is 2. The van der Waals surface area contributed by atoms with E-state index in [2.05, 4.69) is 10.6 Å². The fourth-order valence-electron chi connectivity index (χ4n) is 2.93. The lowest BCUT2D eigenvalue weighted by Crippen LogP contribution is -2.28. The van der Waals surface area contributed by atoms with E-state index in [4.69, 9.17) is 5.26 Å². The molecule has 1 aliphatic rings. The number of carbonyl (C=O) groups is 3. The van der Waals surface area contributed by atoms with Gasteiger partial charge < -0.3 is 15.5 Å². The molecule has 7 heteroatoms. The lowest BCUT2D eigenvalue weighted by Gasteiger charge is -2.16. The summed E-state index contributed by atoms with van der Waals surface area (Å²) >= 11 is 0. The normalized spacial score (nSPS) is 15.9. The van der Waals surface area contributed by atoms with Crippen LogP contribution in [0.4, 0.5) is 17.1 Å². The van der Waals surface area contributed by atoms with Crippen LogP contribution in [0.2, 0.25) is 0 Å². The van der Waals surface area contributed by atoms with Gasteiger partial charge in [-0.15, -0.1) is 0 Å². The third-order valence-electron chi connectivity index (χ3n) is 4.28. The Morgan fingerprint density at radius 2 is 1.63 bits per heavy atom. The van der Waals surface area contributed by atoms with Gasteiger partial charge in [-0.2, -0.15) is 5.26 Å². The van der Waals surface area contributed by atoms with Crippen molar-refractivity contribution in [1.82, 2.24) is 0 Å². The van der Waals surface area contributed by atoms with Crippen LogP contribution in [0, 0.1) is 17.2 Å². The molecule has 1 heterocycles. The fourth-order valence-corrected chi connectivity index (χ4v) is 2.93. The maximum absolute atomic E-state index is 12.5. The highest BCUT2D eigenvalue weighted by atomic mass is 16.2. The molecule has 3 amide bonds. The van der Waals surface area contributed by atoms with E-state index in [1.807, 2.05) is 6.07 Å². The Balaban J connectivity index is 1.63. The number of rotatable bonds is 4. The highest BCUT2D eigenvalue weighted by Crippen LogP contribution is 2.26. The van der Waals surface area contributed by atoms with Crippen LogP contribution >= 0.6 is 0 Å². The Labute approximate surface area is 156 Å². The average Bonchev–Trinajstić information content (AvgIpc) is 3.05. The number of hydrogen-bond acceptors (Lipinski definition) is 4. The SMILES string of the molecule is CC(=O)Nc1ccc(NC(=O)C2CC(=O)N(c3ccc(C#N)cc3)C2)cc1. The number of amides is 3. The maximum Gasteiger partial charge on any atom is 0.229 e. The molecule has 2 aromatic carbocycles. The van der Waals surface area contributed by atoms with Gasteiger partial charge in [-0.1, -0.05) is 0 Å². The largest absolute Gasteiger partial charge is 0.326 e. The minimum atomic E-state index is -0.455. The Morgan fingerprint density at radius 3 is 2.19 bits per heavy atom. The highest BCUT2D eigenvalue weighted by molar-refractivity contribution is 6.03. The van der Waals surface area contributed by atoms with Gasteiger partial charge in [0.2, 0.25) is 17.7 Å². The Morgan fingerprint density at radius 1 is 1.04 bits per heavy atom. The third-order valence-corrected chi connectivity index (χ3v) is 4.28. The predicted octanol–water partition coefficient (Wildman–Crippen LogP) is 2.51. The summed E-state index contributed by atoms with van der Waals surface area (Å²) < 4.78 is 0. The Hall–Kier alpha value is -3.66. The van der Waals surface area contributed by atoms with Gasteiger partial charge in [0.1, 0.15) is 0 Å². The van der Waals surface area contributed by atoms with Crippen molar-refractivity contribution < 1.29 is 14.4 Å². The molecule has 1 saturated heterocycles. The van der Waals surface area contributed by atoms with E-state index >= 15 is 0 Å². The first-order valence-electron chi connectivity index (χ1n) is 8.45. The number of anilines is 3. The van der Waals surface area contributed by atoms with Crippen LogP contribution in [0.5, 0.6) is 0 Å². The molecule has 0 radical (unpaired) electrons. The molecule has 0 bridgehead atoms. The first-order chi connectivity index (χ1) is 13.0. The van der Waals surface area contributed by atoms with Gasteiger partial charge in [-0.05, 0) is 48.5 Å². The van der Waals surface area contributed by atoms with Crippen LogP contribution in [0.15, 0.2) is 48.5 Å². The topological polar surface area (TPSA) is 102 Å². The van der Waals surface area contributed by atoms with Gasteiger partial charge >= 0.3 is 0 Å². The minimum Gasteiger partial charge on any atom is -0.326 e. The molecule has 3 rings (SSSR count). The highest BCUT2D eigenvalue weighted by Gasteiger charge is 2.35. The molecule has 0 aromatic heterocycles. The molecule has 1 fully saturated rings. The second-order valence-electron chi connectivity index (χ2n) is 6.31. The molecule has 2 aromatic rings. The summed E-state index contributed by atoms with van der Waals surface area (Å²) in [6, 6.07) is 15.5. The molecule has 1 atom stereocenters. The molecule has 2 N–H and O–H groups in total. The molecular formula is C20H18N4O3. The second kappa shape index (κ2) is 7.70. The summed E-state index contributed by atoms with van der Waals surface area (Å²) in [6.45, 7) is 1.72. The molecule has 0 saturated carbocycles. The van der Waals surface area contributed by atoms with E-state index < -0.39 is 5.92 Å². The van der Waals surface area contributed by atoms with Crippen LogP contribution in [-0.2, 0) is 14.4 Å². The zero-order chi connectivity index (χ0) is 19.4. The standard InChI is InChI=1S/C20H18N4O3/c1-13(25)22-16-4-6-17(7-5-16)23-20(27)15-10-19(26)24(12-15)18-8-2-14(11-21)3-9-18/h2-9,15H,10,12H2,1H3,(H,22,25)(H,23,27). The molecule has 0 aliphatic carbocycles. The van der Waals surface area contributed by atoms with Crippen molar-refractivity contribution in [3.8, 4) is 6.07 Å². The number of hydrogen-bond donors (Lipinski definition) is 2. The lowest BCUT2D eigenvalue weighted by atomic mass is 10.1. The average molecular weight is 362 g/mol. The van der Waals surface area contributed by atoms with Crippen molar-refractivity contribution in [2.24, 2.45) is 5.92 Å². The van der Waals surface area contributed by atoms with E-state index in [-0.39, 0.29) is 24.1 Å². The second-order valence-corrected chi connectivity index (χ2v) is 6.31. The smallest absolute Gasteiger partial charge is 0.229 e. The Bertz CT molecular complexity index is 914. The molecule has 27 heavy (non-hydrogen) atoms. The Kier molecular flexibility index (Phi) is 5.18. The van der Waals surface area contributed by atoms with Crippen LogP contribution in [-0.4, -0.2) is 24.3 Å². The quantitative estimate of drug-likeness (QED) is 0.872. The molecule has 136 valence electrons. The van der Waals surface area contributed by atoms with Crippen LogP contribution in [0.25, 0.3) is 0 Å². The fraction of sp³-hybridized carbons (Fsp3) is 0.200.